The SMILES string of the molecule is CCC1(C)NC(C2CCCC2)N(CC(C)OC)C1=O. The summed E-state index contributed by atoms with van der Waals surface area (Å²) >= 11 is 0. The molecule has 0 aromatic carbocycles. The number of ether oxygens (including phenoxy) is 1. The predicted octanol–water partition coefficient (Wildman–Crippen LogP) is 2.14. The van der Waals surface area contributed by atoms with Crippen molar-refractivity contribution in [3.8, 4) is 0 Å². The van der Waals surface area contributed by atoms with Crippen LogP contribution in [0.25, 0.3) is 0 Å². The summed E-state index contributed by atoms with van der Waals surface area (Å²) in [6.45, 7) is 6.84. The Hall–Kier alpha value is -0.610. The topological polar surface area (TPSA) is 41.6 Å². The Morgan fingerprint density at radius 1 is 1.47 bits per heavy atom. The fourth-order valence-corrected chi connectivity index (χ4v) is 3.36. The molecular weight excluding hydrogens is 240 g/mol. The summed E-state index contributed by atoms with van der Waals surface area (Å²) in [5.41, 5.74) is -0.388. The Kier molecular flexibility index (Phi) is 4.51. The van der Waals surface area contributed by atoms with Crippen LogP contribution in [0.3, 0.4) is 0 Å². The van der Waals surface area contributed by atoms with Crippen LogP contribution in [0.1, 0.15) is 52.9 Å². The van der Waals surface area contributed by atoms with Crippen LogP contribution in [0, 0.1) is 5.92 Å². The van der Waals surface area contributed by atoms with E-state index >= 15 is 0 Å². The Morgan fingerprint density at radius 3 is 2.63 bits per heavy atom. The van der Waals surface area contributed by atoms with Gasteiger partial charge in [0, 0.05) is 13.7 Å². The van der Waals surface area contributed by atoms with Crippen molar-refractivity contribution < 1.29 is 9.53 Å². The van der Waals surface area contributed by atoms with Gasteiger partial charge >= 0.3 is 0 Å². The van der Waals surface area contributed by atoms with E-state index in [-0.39, 0.29) is 23.7 Å². The summed E-state index contributed by atoms with van der Waals surface area (Å²) in [4.78, 5) is 14.7. The summed E-state index contributed by atoms with van der Waals surface area (Å²) in [6, 6.07) is 0. The van der Waals surface area contributed by atoms with E-state index in [2.05, 4.69) is 12.2 Å². The average Bonchev–Trinajstić information content (AvgIpc) is 3.01. The molecule has 19 heavy (non-hydrogen) atoms. The van der Waals surface area contributed by atoms with Crippen molar-refractivity contribution in [2.24, 2.45) is 5.92 Å². The highest BCUT2D eigenvalue weighted by molar-refractivity contribution is 5.88. The van der Waals surface area contributed by atoms with E-state index in [9.17, 15) is 4.79 Å². The Balaban J connectivity index is 2.15. The van der Waals surface area contributed by atoms with Crippen LogP contribution < -0.4 is 5.32 Å². The number of nitrogens with one attached hydrogen (secondary N) is 1. The highest BCUT2D eigenvalue weighted by Crippen LogP contribution is 2.35. The Bertz CT molecular complexity index is 328. The molecule has 2 rings (SSSR count). The molecule has 1 saturated heterocycles. The van der Waals surface area contributed by atoms with Crippen LogP contribution >= 0.6 is 0 Å². The van der Waals surface area contributed by atoms with Crippen LogP contribution in [0.5, 0.6) is 0 Å². The lowest BCUT2D eigenvalue weighted by Gasteiger charge is -2.30. The number of hydrogen-bond acceptors (Lipinski definition) is 3. The van der Waals surface area contributed by atoms with Gasteiger partial charge in [0.2, 0.25) is 5.91 Å². The van der Waals surface area contributed by atoms with E-state index in [4.69, 9.17) is 4.74 Å². The molecule has 0 bridgehead atoms. The minimum Gasteiger partial charge on any atom is -0.380 e. The summed E-state index contributed by atoms with van der Waals surface area (Å²) in [5.74, 6) is 0.859. The number of nitrogens with zero attached hydrogens (tertiary/aromatic N) is 1. The lowest BCUT2D eigenvalue weighted by molar-refractivity contribution is -0.135. The van der Waals surface area contributed by atoms with Gasteiger partial charge in [-0.3, -0.25) is 10.1 Å². The monoisotopic (exact) mass is 268 g/mol. The second-order valence-corrected chi connectivity index (χ2v) is 6.32. The van der Waals surface area contributed by atoms with Crippen molar-refractivity contribution in [3.05, 3.63) is 0 Å². The summed E-state index contributed by atoms with van der Waals surface area (Å²) in [6.07, 6.45) is 6.21. The Morgan fingerprint density at radius 2 is 2.11 bits per heavy atom. The lowest BCUT2D eigenvalue weighted by Crippen LogP contribution is -2.46. The molecule has 0 radical (unpaired) electrons. The van der Waals surface area contributed by atoms with Gasteiger partial charge in [0.15, 0.2) is 0 Å². The smallest absolute Gasteiger partial charge is 0.243 e. The number of amides is 1. The predicted molar refractivity (Wildman–Crippen MR) is 75.8 cm³/mol. The van der Waals surface area contributed by atoms with Gasteiger partial charge in [0.05, 0.1) is 17.8 Å². The standard InChI is InChI=1S/C15H28N2O2/c1-5-15(3)14(18)17(10-11(2)19-4)13(16-15)12-8-6-7-9-12/h11-13,16H,5-10H2,1-4H3. The number of carbonyl (C=O) groups is 1. The number of carbonyl (C=O) groups excluding carboxylic acids is 1. The molecule has 3 unspecified atom stereocenters. The molecule has 1 aliphatic heterocycles. The lowest BCUT2D eigenvalue weighted by atomic mass is 9.99. The number of rotatable bonds is 5. The molecule has 4 heteroatoms. The van der Waals surface area contributed by atoms with Gasteiger partial charge in [0.1, 0.15) is 0 Å². The second kappa shape index (κ2) is 5.80. The maximum Gasteiger partial charge on any atom is 0.243 e. The van der Waals surface area contributed by atoms with Gasteiger partial charge in [-0.1, -0.05) is 19.8 Å². The summed E-state index contributed by atoms with van der Waals surface area (Å²) in [7, 11) is 1.71. The molecule has 3 atom stereocenters. The maximum atomic E-state index is 12.7. The zero-order valence-electron chi connectivity index (χ0n) is 12.7. The maximum absolute atomic E-state index is 12.7. The third-order valence-corrected chi connectivity index (χ3v) is 4.94. The van der Waals surface area contributed by atoms with Gasteiger partial charge in [-0.25, -0.2) is 0 Å². The van der Waals surface area contributed by atoms with Crippen molar-refractivity contribution in [1.29, 1.82) is 0 Å². The van der Waals surface area contributed by atoms with E-state index in [1.807, 2.05) is 18.7 Å². The van der Waals surface area contributed by atoms with E-state index in [0.717, 1.165) is 6.42 Å². The fraction of sp³-hybridized carbons (Fsp3) is 0.933. The molecule has 0 aromatic heterocycles. The van der Waals surface area contributed by atoms with E-state index in [0.29, 0.717) is 12.5 Å². The average molecular weight is 268 g/mol. The zero-order chi connectivity index (χ0) is 14.0. The molecule has 1 aliphatic carbocycles. The fourth-order valence-electron chi connectivity index (χ4n) is 3.36. The van der Waals surface area contributed by atoms with Crippen LogP contribution in [-0.4, -0.2) is 42.3 Å². The van der Waals surface area contributed by atoms with Crippen LogP contribution in [0.2, 0.25) is 0 Å². The summed E-state index contributed by atoms with van der Waals surface area (Å²) < 4.78 is 5.35. The first-order chi connectivity index (χ1) is 9.01. The van der Waals surface area contributed by atoms with Gasteiger partial charge in [-0.15, -0.1) is 0 Å². The van der Waals surface area contributed by atoms with Gasteiger partial charge in [0.25, 0.3) is 0 Å². The quantitative estimate of drug-likeness (QED) is 0.830. The molecule has 1 saturated carbocycles. The van der Waals surface area contributed by atoms with Gasteiger partial charge in [-0.05, 0) is 39.0 Å². The van der Waals surface area contributed by atoms with E-state index in [1.54, 1.807) is 7.11 Å². The third-order valence-electron chi connectivity index (χ3n) is 4.94. The highest BCUT2D eigenvalue weighted by Gasteiger charge is 2.49. The van der Waals surface area contributed by atoms with Crippen molar-refractivity contribution in [3.63, 3.8) is 0 Å². The highest BCUT2D eigenvalue weighted by atomic mass is 16.5. The molecule has 110 valence electrons. The van der Waals surface area contributed by atoms with Crippen LogP contribution in [0.15, 0.2) is 0 Å². The molecule has 2 fully saturated rings. The zero-order valence-corrected chi connectivity index (χ0v) is 12.7. The van der Waals surface area contributed by atoms with Gasteiger partial charge in [-0.2, -0.15) is 0 Å². The van der Waals surface area contributed by atoms with Crippen molar-refractivity contribution in [1.82, 2.24) is 10.2 Å². The molecule has 0 spiro atoms. The molecule has 2 aliphatic rings. The summed E-state index contributed by atoms with van der Waals surface area (Å²) in [5, 5.41) is 3.61. The molecule has 1 N–H and O–H groups in total. The third kappa shape index (κ3) is 2.79. The van der Waals surface area contributed by atoms with Gasteiger partial charge < -0.3 is 9.64 Å². The molecule has 0 aromatic rings. The second-order valence-electron chi connectivity index (χ2n) is 6.32. The number of hydrogen-bond donors (Lipinski definition) is 1. The first-order valence-corrected chi connectivity index (χ1v) is 7.63. The van der Waals surface area contributed by atoms with Crippen molar-refractivity contribution >= 4 is 5.91 Å². The normalized spacial score (nSPS) is 34.2. The van der Waals surface area contributed by atoms with E-state index < -0.39 is 0 Å². The molecule has 1 heterocycles. The minimum atomic E-state index is -0.388. The van der Waals surface area contributed by atoms with Crippen molar-refractivity contribution in [2.45, 2.75) is 70.7 Å². The number of methoxy groups -OCH3 is 1. The van der Waals surface area contributed by atoms with Crippen LogP contribution in [-0.2, 0) is 9.53 Å². The first-order valence-electron chi connectivity index (χ1n) is 7.63. The molecule has 1 amide bonds. The van der Waals surface area contributed by atoms with Crippen LogP contribution in [0.4, 0.5) is 0 Å². The van der Waals surface area contributed by atoms with E-state index in [1.165, 1.54) is 25.7 Å². The molecular formula is C15H28N2O2. The van der Waals surface area contributed by atoms with Crippen molar-refractivity contribution in [2.75, 3.05) is 13.7 Å². The minimum absolute atomic E-state index is 0.0915. The Labute approximate surface area is 116 Å². The largest absolute Gasteiger partial charge is 0.380 e. The first kappa shape index (κ1) is 14.8. The molecule has 4 nitrogen and oxygen atoms in total.